The lowest BCUT2D eigenvalue weighted by Gasteiger charge is -2.25. The molecular formula is C25H26O4. The molecule has 4 heteroatoms. The van der Waals surface area contributed by atoms with Crippen molar-refractivity contribution < 1.29 is 19.1 Å². The highest BCUT2D eigenvalue weighted by atomic mass is 16.5. The van der Waals surface area contributed by atoms with Crippen LogP contribution in [0.2, 0.25) is 0 Å². The number of aryl methyl sites for hydroxylation is 1. The summed E-state index contributed by atoms with van der Waals surface area (Å²) in [5, 5.41) is 1.68. The monoisotopic (exact) mass is 390 g/mol. The van der Waals surface area contributed by atoms with Gasteiger partial charge in [0.25, 0.3) is 0 Å². The molecule has 0 radical (unpaired) electrons. The van der Waals surface area contributed by atoms with Gasteiger partial charge in [0.15, 0.2) is 0 Å². The molecule has 29 heavy (non-hydrogen) atoms. The fraction of sp³-hybridized carbons (Fsp3) is 0.360. The molecule has 1 saturated carbocycles. The Morgan fingerprint density at radius 3 is 2.07 bits per heavy atom. The average Bonchev–Trinajstić information content (AvgIpc) is 3.31. The summed E-state index contributed by atoms with van der Waals surface area (Å²) >= 11 is 0. The van der Waals surface area contributed by atoms with Crippen LogP contribution >= 0.6 is 0 Å². The fourth-order valence-electron chi connectivity index (χ4n) is 4.77. The zero-order valence-corrected chi connectivity index (χ0v) is 17.3. The third-order valence-corrected chi connectivity index (χ3v) is 6.12. The number of hydrogen-bond acceptors (Lipinski definition) is 4. The molecule has 0 N–H and O–H groups in total. The Morgan fingerprint density at radius 2 is 1.52 bits per heavy atom. The molecule has 2 unspecified atom stereocenters. The third kappa shape index (κ3) is 3.07. The molecule has 0 spiro atoms. The van der Waals surface area contributed by atoms with Crippen LogP contribution in [0.4, 0.5) is 0 Å². The second kappa shape index (κ2) is 7.18. The van der Waals surface area contributed by atoms with Crippen molar-refractivity contribution in [3.63, 3.8) is 0 Å². The molecule has 2 aromatic carbocycles. The molecule has 2 aromatic rings. The van der Waals surface area contributed by atoms with Gasteiger partial charge in [0, 0.05) is 33.0 Å². The first-order chi connectivity index (χ1) is 13.8. The molecule has 0 aliphatic heterocycles. The topological polar surface area (TPSA) is 52.6 Å². The lowest BCUT2D eigenvalue weighted by molar-refractivity contribution is -0.131. The zero-order valence-electron chi connectivity index (χ0n) is 17.3. The number of rotatable bonds is 5. The maximum absolute atomic E-state index is 12.5. The van der Waals surface area contributed by atoms with Crippen molar-refractivity contribution in [3.8, 4) is 11.5 Å². The summed E-state index contributed by atoms with van der Waals surface area (Å²) < 4.78 is 11.8. The Kier molecular flexibility index (Phi) is 4.81. The van der Waals surface area contributed by atoms with Crippen LogP contribution in [0.3, 0.4) is 0 Å². The minimum atomic E-state index is -0.426. The van der Waals surface area contributed by atoms with Crippen LogP contribution in [-0.4, -0.2) is 11.9 Å². The Labute approximate surface area is 171 Å². The molecular weight excluding hydrogens is 364 g/mol. The van der Waals surface area contributed by atoms with Crippen molar-refractivity contribution in [2.24, 2.45) is 0 Å². The van der Waals surface area contributed by atoms with Gasteiger partial charge in [0.1, 0.15) is 11.5 Å². The molecule has 2 aliphatic carbocycles. The van der Waals surface area contributed by atoms with Gasteiger partial charge in [-0.25, -0.2) is 9.59 Å². The third-order valence-electron chi connectivity index (χ3n) is 6.12. The van der Waals surface area contributed by atoms with Crippen molar-refractivity contribution in [1.29, 1.82) is 0 Å². The highest BCUT2D eigenvalue weighted by molar-refractivity contribution is 6.03. The van der Waals surface area contributed by atoms with E-state index in [1.807, 2.05) is 18.2 Å². The van der Waals surface area contributed by atoms with E-state index in [-0.39, 0.29) is 0 Å². The summed E-state index contributed by atoms with van der Waals surface area (Å²) in [5.41, 5.74) is 3.85. The largest absolute Gasteiger partial charge is 0.422 e. The van der Waals surface area contributed by atoms with Gasteiger partial charge in [-0.05, 0) is 56.9 Å². The first-order valence-corrected chi connectivity index (χ1v) is 10.2. The maximum atomic E-state index is 12.5. The van der Waals surface area contributed by atoms with E-state index in [9.17, 15) is 9.59 Å². The first-order valence-electron chi connectivity index (χ1n) is 10.2. The highest BCUT2D eigenvalue weighted by Crippen LogP contribution is 2.61. The van der Waals surface area contributed by atoms with Crippen molar-refractivity contribution >= 4 is 22.7 Å². The summed E-state index contributed by atoms with van der Waals surface area (Å²) in [6.45, 7) is 12.8. The van der Waals surface area contributed by atoms with E-state index in [4.69, 9.17) is 9.47 Å². The standard InChI is InChI=1S/C25H26O4/c1-6-15-8-7-9-18-19(15)23(29-25(27)14(4)5)21-17-11-10-16(12-17)20(21)22(18)28-24(26)13(2)3/h7-9,16-17H,2,4,6,10-12H2,1,3,5H3. The summed E-state index contributed by atoms with van der Waals surface area (Å²) in [7, 11) is 0. The lowest BCUT2D eigenvalue weighted by Crippen LogP contribution is -2.15. The van der Waals surface area contributed by atoms with E-state index in [1.165, 1.54) is 0 Å². The van der Waals surface area contributed by atoms with Crippen LogP contribution in [0.1, 0.15) is 68.6 Å². The van der Waals surface area contributed by atoms with Crippen molar-refractivity contribution in [3.05, 3.63) is 59.2 Å². The predicted molar refractivity (Wildman–Crippen MR) is 114 cm³/mol. The van der Waals surface area contributed by atoms with Crippen LogP contribution in [0.25, 0.3) is 10.8 Å². The Balaban J connectivity index is 2.06. The van der Waals surface area contributed by atoms with Crippen molar-refractivity contribution in [2.75, 3.05) is 0 Å². The maximum Gasteiger partial charge on any atom is 0.338 e. The van der Waals surface area contributed by atoms with Gasteiger partial charge < -0.3 is 9.47 Å². The number of hydrogen-bond donors (Lipinski definition) is 0. The summed E-state index contributed by atoms with van der Waals surface area (Å²) in [6.07, 6.45) is 3.89. The minimum Gasteiger partial charge on any atom is -0.422 e. The average molecular weight is 390 g/mol. The Bertz CT molecular complexity index is 1080. The molecule has 1 fully saturated rings. The highest BCUT2D eigenvalue weighted by Gasteiger charge is 2.43. The molecule has 0 amide bonds. The molecule has 0 aromatic heterocycles. The van der Waals surface area contributed by atoms with Gasteiger partial charge in [-0.3, -0.25) is 0 Å². The predicted octanol–water partition coefficient (Wildman–Crippen LogP) is 5.73. The number of benzene rings is 2. The molecule has 0 heterocycles. The molecule has 0 saturated heterocycles. The summed E-state index contributed by atoms with van der Waals surface area (Å²) in [5.74, 6) is 1.03. The van der Waals surface area contributed by atoms with Crippen LogP contribution < -0.4 is 9.47 Å². The van der Waals surface area contributed by atoms with E-state index in [1.54, 1.807) is 13.8 Å². The van der Waals surface area contributed by atoms with E-state index in [2.05, 4.69) is 20.1 Å². The van der Waals surface area contributed by atoms with E-state index >= 15 is 0 Å². The first kappa shape index (κ1) is 19.4. The number of fused-ring (bicyclic) bond motifs is 6. The Morgan fingerprint density at radius 1 is 0.966 bits per heavy atom. The summed E-state index contributed by atoms with van der Waals surface area (Å²) in [6, 6.07) is 5.94. The van der Waals surface area contributed by atoms with Gasteiger partial charge in [-0.15, -0.1) is 0 Å². The molecule has 2 atom stereocenters. The van der Waals surface area contributed by atoms with Crippen molar-refractivity contribution in [1.82, 2.24) is 0 Å². The quantitative estimate of drug-likeness (QED) is 0.372. The minimum absolute atomic E-state index is 0.319. The molecule has 4 rings (SSSR count). The molecule has 2 bridgehead atoms. The van der Waals surface area contributed by atoms with E-state index in [0.29, 0.717) is 34.5 Å². The van der Waals surface area contributed by atoms with Gasteiger partial charge in [0.2, 0.25) is 0 Å². The number of carbonyl (C=O) groups is 2. The normalized spacial score (nSPS) is 19.1. The lowest BCUT2D eigenvalue weighted by atomic mass is 9.85. The van der Waals surface area contributed by atoms with Gasteiger partial charge in [-0.2, -0.15) is 0 Å². The van der Waals surface area contributed by atoms with E-state index in [0.717, 1.165) is 53.1 Å². The number of esters is 2. The fourth-order valence-corrected chi connectivity index (χ4v) is 4.77. The number of ether oxygens (including phenoxy) is 2. The van der Waals surface area contributed by atoms with E-state index < -0.39 is 11.9 Å². The van der Waals surface area contributed by atoms with Crippen LogP contribution in [0, 0.1) is 0 Å². The second-order valence-corrected chi connectivity index (χ2v) is 8.23. The van der Waals surface area contributed by atoms with Gasteiger partial charge in [-0.1, -0.05) is 38.3 Å². The molecule has 150 valence electrons. The van der Waals surface area contributed by atoms with Crippen LogP contribution in [-0.2, 0) is 16.0 Å². The second-order valence-electron chi connectivity index (χ2n) is 8.23. The molecule has 2 aliphatic rings. The Hall–Kier alpha value is -2.88. The van der Waals surface area contributed by atoms with Gasteiger partial charge in [0.05, 0.1) is 0 Å². The zero-order chi connectivity index (χ0) is 20.9. The van der Waals surface area contributed by atoms with Crippen molar-refractivity contribution in [2.45, 2.75) is 58.3 Å². The summed E-state index contributed by atoms with van der Waals surface area (Å²) in [4.78, 5) is 24.9. The van der Waals surface area contributed by atoms with Crippen LogP contribution in [0.5, 0.6) is 11.5 Å². The van der Waals surface area contributed by atoms with Gasteiger partial charge >= 0.3 is 11.9 Å². The number of carbonyl (C=O) groups excluding carboxylic acids is 2. The van der Waals surface area contributed by atoms with Crippen LogP contribution in [0.15, 0.2) is 42.5 Å². The smallest absolute Gasteiger partial charge is 0.338 e. The SMILES string of the molecule is C=C(C)C(=O)Oc1c2c(c(OC(=O)C(=C)C)c3c(CC)cccc13)C1CCC2C1. The molecule has 4 nitrogen and oxygen atoms in total.